The lowest BCUT2D eigenvalue weighted by Gasteiger charge is -2.13. The van der Waals surface area contributed by atoms with Crippen LogP contribution in [0.2, 0.25) is 0 Å². The summed E-state index contributed by atoms with van der Waals surface area (Å²) in [6.45, 7) is 3.18. The molecule has 1 aromatic carbocycles. The summed E-state index contributed by atoms with van der Waals surface area (Å²) < 4.78 is 3.89. The zero-order chi connectivity index (χ0) is 22.1. The minimum atomic E-state index is -0.617. The third-order valence-corrected chi connectivity index (χ3v) is 4.98. The largest absolute Gasteiger partial charge is 0.331 e. The third-order valence-electron chi connectivity index (χ3n) is 4.98. The Balaban J connectivity index is 1.58. The number of hydrogen-bond acceptors (Lipinski definition) is 5. The first-order valence-electron chi connectivity index (χ1n) is 9.67. The molecule has 0 aliphatic carbocycles. The number of benzene rings is 1. The number of nitrogens with zero attached hydrogens (tertiary/aromatic N) is 4. The number of amides is 2. The molecule has 2 N–H and O–H groups in total. The van der Waals surface area contributed by atoms with Crippen molar-refractivity contribution in [2.75, 3.05) is 0 Å². The molecule has 0 atom stereocenters. The first kappa shape index (κ1) is 20.1. The fourth-order valence-corrected chi connectivity index (χ4v) is 3.56. The predicted molar refractivity (Wildman–Crippen MR) is 114 cm³/mol. The number of hydrogen-bond donors (Lipinski definition) is 2. The molecular formula is C21H20N6O4. The molecule has 0 radical (unpaired) electrons. The van der Waals surface area contributed by atoms with Crippen LogP contribution in [0.15, 0.2) is 58.3 Å². The molecule has 0 saturated carbocycles. The van der Waals surface area contributed by atoms with Gasteiger partial charge in [-0.1, -0.05) is 18.2 Å². The van der Waals surface area contributed by atoms with Gasteiger partial charge >= 0.3 is 5.69 Å². The average molecular weight is 420 g/mol. The number of imidazole rings is 1. The zero-order valence-electron chi connectivity index (χ0n) is 17.0. The quantitative estimate of drug-likeness (QED) is 0.469. The first-order chi connectivity index (χ1) is 14.9. The Labute approximate surface area is 175 Å². The number of aromatic nitrogens is 4. The minimum Gasteiger partial charge on any atom is -0.295 e. The molecule has 3 heterocycles. The van der Waals surface area contributed by atoms with E-state index < -0.39 is 23.1 Å². The highest BCUT2D eigenvalue weighted by Gasteiger charge is 2.18. The van der Waals surface area contributed by atoms with Crippen LogP contribution in [0.3, 0.4) is 0 Å². The van der Waals surface area contributed by atoms with Crippen molar-refractivity contribution in [1.82, 2.24) is 29.4 Å². The molecule has 10 nitrogen and oxygen atoms in total. The van der Waals surface area contributed by atoms with Crippen molar-refractivity contribution >= 4 is 28.4 Å². The molecule has 3 aromatic heterocycles. The van der Waals surface area contributed by atoms with Crippen LogP contribution in [0.5, 0.6) is 0 Å². The van der Waals surface area contributed by atoms with E-state index in [0.717, 1.165) is 4.57 Å². The van der Waals surface area contributed by atoms with Crippen molar-refractivity contribution in [2.24, 2.45) is 0 Å². The van der Waals surface area contributed by atoms with Crippen LogP contribution < -0.4 is 22.1 Å². The summed E-state index contributed by atoms with van der Waals surface area (Å²) in [4.78, 5) is 54.7. The average Bonchev–Trinajstić information content (AvgIpc) is 3.11. The van der Waals surface area contributed by atoms with E-state index in [-0.39, 0.29) is 18.8 Å². The van der Waals surface area contributed by atoms with Crippen molar-refractivity contribution in [3.8, 4) is 0 Å². The molecule has 4 rings (SSSR count). The fourth-order valence-electron chi connectivity index (χ4n) is 3.56. The van der Waals surface area contributed by atoms with Gasteiger partial charge < -0.3 is 0 Å². The normalized spacial score (nSPS) is 11.0. The molecule has 0 unspecified atom stereocenters. The maximum Gasteiger partial charge on any atom is 0.331 e. The van der Waals surface area contributed by atoms with E-state index in [0.29, 0.717) is 22.2 Å². The number of carbonyl (C=O) groups excluding carboxylic acids is 2. The van der Waals surface area contributed by atoms with Gasteiger partial charge in [0.2, 0.25) is 0 Å². The van der Waals surface area contributed by atoms with Crippen LogP contribution in [0, 0.1) is 6.92 Å². The summed E-state index contributed by atoms with van der Waals surface area (Å²) in [6, 6.07) is 11.9. The summed E-state index contributed by atoms with van der Waals surface area (Å²) in [7, 11) is 0. The van der Waals surface area contributed by atoms with Crippen molar-refractivity contribution in [3.05, 3.63) is 80.9 Å². The molecule has 158 valence electrons. The van der Waals surface area contributed by atoms with Crippen molar-refractivity contribution in [2.45, 2.75) is 26.9 Å². The third kappa shape index (κ3) is 3.48. The number of carbonyl (C=O) groups is 2. The topological polar surface area (TPSA) is 120 Å². The van der Waals surface area contributed by atoms with E-state index in [9.17, 15) is 19.2 Å². The number of pyridine rings is 1. The van der Waals surface area contributed by atoms with Crippen molar-refractivity contribution in [3.63, 3.8) is 0 Å². The molecule has 0 spiro atoms. The van der Waals surface area contributed by atoms with E-state index in [1.165, 1.54) is 4.57 Å². The number of rotatable bonds is 4. The molecule has 10 heteroatoms. The lowest BCUT2D eigenvalue weighted by Crippen LogP contribution is -2.46. The van der Waals surface area contributed by atoms with Gasteiger partial charge in [-0.05, 0) is 38.1 Å². The Bertz CT molecular complexity index is 1450. The number of fused-ring (bicyclic) bond motifs is 2. The van der Waals surface area contributed by atoms with Gasteiger partial charge in [-0.2, -0.15) is 0 Å². The van der Waals surface area contributed by atoms with Gasteiger partial charge in [0, 0.05) is 12.7 Å². The fraction of sp³-hybridized carbons (Fsp3) is 0.190. The molecule has 0 fully saturated rings. The zero-order valence-corrected chi connectivity index (χ0v) is 17.0. The van der Waals surface area contributed by atoms with Crippen LogP contribution >= 0.6 is 0 Å². The Kier molecular flexibility index (Phi) is 5.12. The molecule has 0 aliphatic heterocycles. The molecule has 0 bridgehead atoms. The summed E-state index contributed by atoms with van der Waals surface area (Å²) in [5.74, 6) is -1.16. The molecular weight excluding hydrogens is 400 g/mol. The van der Waals surface area contributed by atoms with E-state index in [1.807, 2.05) is 6.07 Å². The van der Waals surface area contributed by atoms with E-state index in [2.05, 4.69) is 15.8 Å². The summed E-state index contributed by atoms with van der Waals surface area (Å²) in [6.07, 6.45) is 1.70. The predicted octanol–water partition coefficient (Wildman–Crippen LogP) is 0.600. The Hall–Kier alpha value is -4.21. The number of aryl methyl sites for hydroxylation is 1. The number of hydrazine groups is 1. The number of para-hydroxylation sites is 1. The maximum absolute atomic E-state index is 12.7. The second-order valence-corrected chi connectivity index (χ2v) is 6.91. The molecule has 0 aliphatic rings. The monoisotopic (exact) mass is 420 g/mol. The van der Waals surface area contributed by atoms with Crippen LogP contribution in [0.4, 0.5) is 0 Å². The highest BCUT2D eigenvalue weighted by Crippen LogP contribution is 2.11. The van der Waals surface area contributed by atoms with Crippen molar-refractivity contribution in [1.29, 1.82) is 0 Å². The standard InChI is InChI=1S/C21H20N6O4/c1-3-25-20(30)14-8-4-5-9-15(14)27(21(25)31)12-17(28)23-24-19(29)18-13(2)22-16-10-6-7-11-26(16)18/h4-11H,3,12H2,1-2H3,(H,23,28)(H,24,29). The lowest BCUT2D eigenvalue weighted by molar-refractivity contribution is -0.122. The molecule has 0 saturated heterocycles. The van der Waals surface area contributed by atoms with Gasteiger partial charge in [0.25, 0.3) is 17.4 Å². The Morgan fingerprint density at radius 1 is 1.00 bits per heavy atom. The molecule has 31 heavy (non-hydrogen) atoms. The van der Waals surface area contributed by atoms with E-state index in [4.69, 9.17) is 0 Å². The van der Waals surface area contributed by atoms with Crippen LogP contribution in [0.25, 0.3) is 16.6 Å². The Morgan fingerprint density at radius 2 is 1.74 bits per heavy atom. The first-order valence-corrected chi connectivity index (χ1v) is 9.67. The Morgan fingerprint density at radius 3 is 2.52 bits per heavy atom. The smallest absolute Gasteiger partial charge is 0.295 e. The van der Waals surface area contributed by atoms with Crippen LogP contribution in [-0.2, 0) is 17.9 Å². The van der Waals surface area contributed by atoms with Gasteiger partial charge in [0.05, 0.1) is 16.6 Å². The summed E-state index contributed by atoms with van der Waals surface area (Å²) in [5.41, 5.74) is 5.45. The van der Waals surface area contributed by atoms with Gasteiger partial charge in [-0.3, -0.25) is 38.8 Å². The van der Waals surface area contributed by atoms with Crippen molar-refractivity contribution < 1.29 is 9.59 Å². The van der Waals surface area contributed by atoms with E-state index in [1.54, 1.807) is 60.8 Å². The van der Waals surface area contributed by atoms with Crippen LogP contribution in [-0.4, -0.2) is 30.3 Å². The summed E-state index contributed by atoms with van der Waals surface area (Å²) in [5, 5.41) is 0.335. The number of nitrogens with one attached hydrogen (secondary N) is 2. The second kappa shape index (κ2) is 7.90. The maximum atomic E-state index is 12.7. The minimum absolute atomic E-state index is 0.175. The molecule has 4 aromatic rings. The van der Waals surface area contributed by atoms with Gasteiger partial charge in [0.1, 0.15) is 17.9 Å². The highest BCUT2D eigenvalue weighted by molar-refractivity contribution is 5.95. The highest BCUT2D eigenvalue weighted by atomic mass is 16.2. The SMILES string of the molecule is CCn1c(=O)c2ccccc2n(CC(=O)NNC(=O)c2c(C)nc3ccccn23)c1=O. The van der Waals surface area contributed by atoms with Gasteiger partial charge in [-0.15, -0.1) is 0 Å². The van der Waals surface area contributed by atoms with Crippen LogP contribution in [0.1, 0.15) is 23.1 Å². The van der Waals surface area contributed by atoms with Gasteiger partial charge in [-0.25, -0.2) is 9.78 Å². The lowest BCUT2D eigenvalue weighted by atomic mass is 10.2. The molecule has 2 amide bonds. The summed E-state index contributed by atoms with van der Waals surface area (Å²) >= 11 is 0. The van der Waals surface area contributed by atoms with Gasteiger partial charge in [0.15, 0.2) is 0 Å². The second-order valence-electron chi connectivity index (χ2n) is 6.91. The van der Waals surface area contributed by atoms with E-state index >= 15 is 0 Å².